The molecule has 0 fully saturated rings. The van der Waals surface area contributed by atoms with Gasteiger partial charge < -0.3 is 15.1 Å². The maximum absolute atomic E-state index is 11.3. The minimum Gasteiger partial charge on any atom is -0.391 e. The Hall–Kier alpha value is -1.63. The summed E-state index contributed by atoms with van der Waals surface area (Å²) in [4.78, 5) is 3.14. The minimum atomic E-state index is -4.34. The fraction of sp³-hybridized carbons (Fsp3) is 0.346. The number of thioether (sulfide) groups is 1. The maximum atomic E-state index is 11.3. The smallest absolute Gasteiger partial charge is 0.267 e. The highest BCUT2D eigenvalue weighted by Crippen LogP contribution is 2.47. The van der Waals surface area contributed by atoms with Gasteiger partial charge in [0.15, 0.2) is 6.54 Å². The van der Waals surface area contributed by atoms with E-state index in [4.69, 9.17) is 23.2 Å². The molecular weight excluding hydrogens is 587 g/mol. The highest BCUT2D eigenvalue weighted by molar-refractivity contribution is 8.03. The summed E-state index contributed by atoms with van der Waals surface area (Å²) in [5, 5.41) is 23.8. The summed E-state index contributed by atoms with van der Waals surface area (Å²) in [7, 11) is -4.34. The molecule has 3 N–H and O–H groups in total. The van der Waals surface area contributed by atoms with Crippen molar-refractivity contribution in [1.82, 2.24) is 0 Å². The van der Waals surface area contributed by atoms with Gasteiger partial charge in [-0.2, -0.15) is 13.0 Å². The molecule has 2 heterocycles. The van der Waals surface area contributed by atoms with Crippen molar-refractivity contribution >= 4 is 78.4 Å². The summed E-state index contributed by atoms with van der Waals surface area (Å²) < 4.78 is 34.7. The zero-order valence-electron chi connectivity index (χ0n) is 20.8. The Morgan fingerprint density at radius 1 is 1.11 bits per heavy atom. The first-order valence-electron chi connectivity index (χ1n) is 12.1. The number of aliphatic hydroxyl groups excluding tert-OH is 2. The molecule has 0 saturated heterocycles. The lowest BCUT2D eigenvalue weighted by Crippen LogP contribution is -2.43. The van der Waals surface area contributed by atoms with E-state index in [1.165, 1.54) is 11.3 Å². The fourth-order valence-electron chi connectivity index (χ4n) is 4.15. The molecule has 0 amide bonds. The first kappa shape index (κ1) is 29.4. The van der Waals surface area contributed by atoms with Crippen LogP contribution >= 0.6 is 46.3 Å². The number of fused-ring (bicyclic) bond motifs is 2. The van der Waals surface area contributed by atoms with Crippen molar-refractivity contribution in [3.63, 3.8) is 0 Å². The quantitative estimate of drug-likeness (QED) is 0.197. The van der Waals surface area contributed by atoms with Crippen LogP contribution in [0.15, 0.2) is 58.0 Å². The van der Waals surface area contributed by atoms with Crippen LogP contribution in [0.1, 0.15) is 31.7 Å². The Balaban J connectivity index is 1.76. The van der Waals surface area contributed by atoms with Crippen LogP contribution in [0.4, 0.5) is 5.69 Å². The SMILES string of the molecule is CCC(/C=C1\Sc2ccc(Cl)cc2N1CC(O)CC)=C\c1sc2ccc(Cl)cc2[n+]1CC(O)CS(=O)(=O)O. The van der Waals surface area contributed by atoms with Crippen molar-refractivity contribution in [3.05, 3.63) is 68.1 Å². The van der Waals surface area contributed by atoms with Gasteiger partial charge in [0.05, 0.1) is 16.8 Å². The number of aliphatic hydroxyl groups is 2. The normalized spacial score (nSPS) is 16.9. The molecule has 204 valence electrons. The number of thiazole rings is 1. The van der Waals surface area contributed by atoms with Gasteiger partial charge in [-0.1, -0.05) is 60.1 Å². The van der Waals surface area contributed by atoms with E-state index in [9.17, 15) is 23.2 Å². The van der Waals surface area contributed by atoms with Gasteiger partial charge in [-0.25, -0.2) is 0 Å². The molecule has 1 aromatic heterocycles. The van der Waals surface area contributed by atoms with E-state index in [2.05, 4.69) is 11.0 Å². The van der Waals surface area contributed by atoms with E-state index in [0.29, 0.717) is 29.4 Å². The van der Waals surface area contributed by atoms with Gasteiger partial charge in [0.2, 0.25) is 5.52 Å². The predicted molar refractivity (Wildman–Crippen MR) is 157 cm³/mol. The number of allylic oxidation sites excluding steroid dienone is 2. The number of halogens is 2. The second-order valence-electron chi connectivity index (χ2n) is 9.01. The second kappa shape index (κ2) is 12.3. The zero-order valence-corrected chi connectivity index (χ0v) is 24.8. The van der Waals surface area contributed by atoms with E-state index in [-0.39, 0.29) is 6.54 Å². The molecule has 1 aliphatic rings. The Kier molecular flexibility index (Phi) is 9.47. The maximum Gasteiger partial charge on any atom is 0.267 e. The molecule has 2 unspecified atom stereocenters. The number of hydrogen-bond acceptors (Lipinski definition) is 7. The standard InChI is InChI=1S/C26H28Cl2N2O5S3/c1-3-16(9-25-29(13-19(31)4-2)21-11-17(27)5-7-23(21)36-25)10-26-30(14-20(32)15-38(33,34)35)22-12-18(28)6-8-24(22)37-26/h5-12,19-20,31-32H,3-4,13-15H2,1-2H3/p+1. The summed E-state index contributed by atoms with van der Waals surface area (Å²) in [6.45, 7) is 4.38. The topological polar surface area (TPSA) is 102 Å². The molecular formula is C26H29Cl2N2O5S3+. The van der Waals surface area contributed by atoms with E-state index in [0.717, 1.165) is 36.4 Å². The van der Waals surface area contributed by atoms with Gasteiger partial charge in [0.25, 0.3) is 15.1 Å². The van der Waals surface area contributed by atoms with Crippen LogP contribution in [0.5, 0.6) is 0 Å². The van der Waals surface area contributed by atoms with Crippen LogP contribution in [0.25, 0.3) is 16.3 Å². The lowest BCUT2D eigenvalue weighted by atomic mass is 10.1. The molecule has 0 bridgehead atoms. The first-order chi connectivity index (χ1) is 18.0. The molecule has 1 aliphatic heterocycles. The van der Waals surface area contributed by atoms with Crippen molar-refractivity contribution in [2.45, 2.75) is 50.3 Å². The third-order valence-electron chi connectivity index (χ3n) is 6.07. The lowest BCUT2D eigenvalue weighted by Gasteiger charge is -2.23. The minimum absolute atomic E-state index is 0.0347. The summed E-state index contributed by atoms with van der Waals surface area (Å²) in [5.41, 5.74) is 2.71. The van der Waals surface area contributed by atoms with Gasteiger partial charge in [-0.3, -0.25) is 4.55 Å². The van der Waals surface area contributed by atoms with E-state index in [1.54, 1.807) is 23.9 Å². The largest absolute Gasteiger partial charge is 0.391 e. The van der Waals surface area contributed by atoms with Crippen LogP contribution in [-0.2, 0) is 16.7 Å². The molecule has 12 heteroatoms. The van der Waals surface area contributed by atoms with E-state index >= 15 is 0 Å². The number of hydrogen-bond donors (Lipinski definition) is 3. The van der Waals surface area contributed by atoms with Gasteiger partial charge in [-0.05, 0) is 54.8 Å². The number of benzene rings is 2. The molecule has 0 saturated carbocycles. The Morgan fingerprint density at radius 2 is 1.82 bits per heavy atom. The highest BCUT2D eigenvalue weighted by Gasteiger charge is 2.28. The molecule has 7 nitrogen and oxygen atoms in total. The van der Waals surface area contributed by atoms with Crippen molar-refractivity contribution in [3.8, 4) is 0 Å². The predicted octanol–water partition coefficient (Wildman–Crippen LogP) is 5.76. The average molecular weight is 617 g/mol. The number of β-amino-alcohol motifs (C(OH)–C–C–N with tert-alkyl or cyclic N) is 1. The monoisotopic (exact) mass is 615 g/mol. The van der Waals surface area contributed by atoms with Crippen LogP contribution in [0.2, 0.25) is 10.0 Å². The summed E-state index contributed by atoms with van der Waals surface area (Å²) in [6, 6.07) is 11.2. The Morgan fingerprint density at radius 3 is 2.50 bits per heavy atom. The Labute approximate surface area is 240 Å². The van der Waals surface area contributed by atoms with Crippen molar-refractivity contribution in [2.75, 3.05) is 17.2 Å². The number of nitrogens with zero attached hydrogens (tertiary/aromatic N) is 2. The fourth-order valence-corrected chi connectivity index (χ4v) is 7.33. The van der Waals surface area contributed by atoms with Crippen LogP contribution in [0.3, 0.4) is 0 Å². The summed E-state index contributed by atoms with van der Waals surface area (Å²) >= 11 is 15.6. The molecule has 2 aromatic carbocycles. The second-order valence-corrected chi connectivity index (χ2v) is 13.5. The van der Waals surface area contributed by atoms with Crippen LogP contribution in [-0.4, -0.2) is 47.7 Å². The van der Waals surface area contributed by atoms with Crippen molar-refractivity contribution in [1.29, 1.82) is 0 Å². The molecule has 38 heavy (non-hydrogen) atoms. The van der Waals surface area contributed by atoms with Gasteiger partial charge in [-0.15, -0.1) is 0 Å². The summed E-state index contributed by atoms with van der Waals surface area (Å²) in [6.07, 6.45) is 3.61. The molecule has 0 spiro atoms. The van der Waals surface area contributed by atoms with Crippen LogP contribution in [0, 0.1) is 0 Å². The van der Waals surface area contributed by atoms with Gasteiger partial charge in [0, 0.05) is 33.6 Å². The zero-order chi connectivity index (χ0) is 27.6. The average Bonchev–Trinajstić information content (AvgIpc) is 3.34. The third kappa shape index (κ3) is 7.11. The van der Waals surface area contributed by atoms with Crippen molar-refractivity contribution < 1.29 is 27.8 Å². The number of rotatable bonds is 10. The highest BCUT2D eigenvalue weighted by atomic mass is 35.5. The summed E-state index contributed by atoms with van der Waals surface area (Å²) in [5.74, 6) is -0.766. The first-order valence-corrected chi connectivity index (χ1v) is 16.1. The van der Waals surface area contributed by atoms with E-state index < -0.39 is 28.1 Å². The molecule has 0 aliphatic carbocycles. The van der Waals surface area contributed by atoms with Crippen LogP contribution < -0.4 is 9.47 Å². The molecule has 2 atom stereocenters. The van der Waals surface area contributed by atoms with Crippen molar-refractivity contribution in [2.24, 2.45) is 0 Å². The van der Waals surface area contributed by atoms with Gasteiger partial charge >= 0.3 is 0 Å². The number of anilines is 1. The van der Waals surface area contributed by atoms with Gasteiger partial charge in [0.1, 0.15) is 16.6 Å². The lowest BCUT2D eigenvalue weighted by molar-refractivity contribution is -0.675. The number of aromatic nitrogens is 1. The molecule has 0 radical (unpaired) electrons. The molecule has 3 aromatic rings. The van der Waals surface area contributed by atoms with E-state index in [1.807, 2.05) is 48.8 Å². The Bertz CT molecular complexity index is 1500. The third-order valence-corrected chi connectivity index (χ3v) is 9.57. The molecule has 4 rings (SSSR count).